The molecule has 0 amide bonds. The fourth-order valence-corrected chi connectivity index (χ4v) is 5.65. The van der Waals surface area contributed by atoms with Crippen LogP contribution in [0.1, 0.15) is 135 Å². The number of hydrogen-bond acceptors (Lipinski definition) is 1. The van der Waals surface area contributed by atoms with Crippen LogP contribution in [0.5, 0.6) is 11.5 Å². The summed E-state index contributed by atoms with van der Waals surface area (Å²) in [4.78, 5) is 0. The van der Waals surface area contributed by atoms with Gasteiger partial charge in [-0.1, -0.05) is 143 Å². The van der Waals surface area contributed by atoms with E-state index in [1.807, 2.05) is 0 Å². The molecule has 0 aliphatic heterocycles. The molecule has 0 saturated carbocycles. The molecule has 0 heterocycles. The topological polar surface area (TPSA) is 9.23 Å². The Bertz CT molecular complexity index is 836. The summed E-state index contributed by atoms with van der Waals surface area (Å²) in [5.74, 6) is 4.34. The van der Waals surface area contributed by atoms with E-state index in [0.29, 0.717) is 0 Å². The van der Waals surface area contributed by atoms with Crippen molar-refractivity contribution in [3.8, 4) is 11.5 Å². The lowest BCUT2D eigenvalue weighted by Crippen LogP contribution is -2.07. The number of hydrogen-bond donors (Lipinski definition) is 0. The summed E-state index contributed by atoms with van der Waals surface area (Å²) in [6.45, 7) is 13.9. The van der Waals surface area contributed by atoms with E-state index in [-0.39, 0.29) is 0 Å². The summed E-state index contributed by atoms with van der Waals surface area (Å²) in [7, 11) is 0. The molecule has 0 radical (unpaired) electrons. The van der Waals surface area contributed by atoms with Crippen molar-refractivity contribution in [2.75, 3.05) is 0 Å². The van der Waals surface area contributed by atoms with Crippen LogP contribution in [0, 0.1) is 17.8 Å². The molecule has 0 bridgehead atoms. The summed E-state index contributed by atoms with van der Waals surface area (Å²) < 4.78 is 6.56. The maximum atomic E-state index is 6.56. The third-order valence-electron chi connectivity index (χ3n) is 8.46. The van der Waals surface area contributed by atoms with Gasteiger partial charge in [0.2, 0.25) is 0 Å². The lowest BCUT2D eigenvalue weighted by molar-refractivity contribution is 0.427. The van der Waals surface area contributed by atoms with Gasteiger partial charge in [-0.25, -0.2) is 0 Å². The lowest BCUT2D eigenvalue weighted by atomic mass is 9.88. The Kier molecular flexibility index (Phi) is 15.7. The lowest BCUT2D eigenvalue weighted by Gasteiger charge is -2.20. The summed E-state index contributed by atoms with van der Waals surface area (Å²) in [6.07, 6.45) is 19.1. The first-order chi connectivity index (χ1) is 18.1. The zero-order valence-electron chi connectivity index (χ0n) is 25.3. The SMILES string of the molecule is CCCCC(CC)Cc1ccc(Oc2ccc(CC(CC)CCCC)cc2CC(CC)CCCC)cc1. The van der Waals surface area contributed by atoms with Gasteiger partial charge in [-0.3, -0.25) is 0 Å². The van der Waals surface area contributed by atoms with Gasteiger partial charge in [0, 0.05) is 0 Å². The highest BCUT2D eigenvalue weighted by Crippen LogP contribution is 2.32. The van der Waals surface area contributed by atoms with E-state index in [2.05, 4.69) is 84.0 Å². The Hall–Kier alpha value is -1.76. The van der Waals surface area contributed by atoms with E-state index in [4.69, 9.17) is 4.74 Å². The third kappa shape index (κ3) is 11.7. The Balaban J connectivity index is 2.19. The molecule has 0 saturated heterocycles. The average molecular weight is 507 g/mol. The number of unbranched alkanes of at least 4 members (excludes halogenated alkanes) is 3. The molecule has 0 aliphatic carbocycles. The molecular weight excluding hydrogens is 448 g/mol. The van der Waals surface area contributed by atoms with E-state index in [0.717, 1.165) is 35.7 Å². The van der Waals surface area contributed by atoms with Crippen LogP contribution in [-0.2, 0) is 19.3 Å². The first kappa shape index (κ1) is 31.5. The van der Waals surface area contributed by atoms with Crippen LogP contribution in [0.3, 0.4) is 0 Å². The quantitative estimate of drug-likeness (QED) is 0.173. The minimum atomic E-state index is 0.732. The zero-order valence-corrected chi connectivity index (χ0v) is 25.3. The molecule has 2 aromatic rings. The van der Waals surface area contributed by atoms with Crippen LogP contribution in [0.4, 0.5) is 0 Å². The zero-order chi connectivity index (χ0) is 26.9. The Morgan fingerprint density at radius 3 is 1.49 bits per heavy atom. The molecular formula is C36H58O. The van der Waals surface area contributed by atoms with Gasteiger partial charge in [0.25, 0.3) is 0 Å². The predicted molar refractivity (Wildman–Crippen MR) is 164 cm³/mol. The normalized spacial score (nSPS) is 13.9. The monoisotopic (exact) mass is 506 g/mol. The van der Waals surface area contributed by atoms with Crippen molar-refractivity contribution in [1.29, 1.82) is 0 Å². The van der Waals surface area contributed by atoms with Gasteiger partial charge in [0.1, 0.15) is 11.5 Å². The molecule has 0 aliphatic rings. The largest absolute Gasteiger partial charge is 0.457 e. The van der Waals surface area contributed by atoms with Crippen molar-refractivity contribution >= 4 is 0 Å². The van der Waals surface area contributed by atoms with Gasteiger partial charge >= 0.3 is 0 Å². The van der Waals surface area contributed by atoms with Gasteiger partial charge in [0.05, 0.1) is 0 Å². The molecule has 0 N–H and O–H groups in total. The second-order valence-corrected chi connectivity index (χ2v) is 11.5. The molecule has 2 aromatic carbocycles. The minimum Gasteiger partial charge on any atom is -0.457 e. The fraction of sp³-hybridized carbons (Fsp3) is 0.667. The van der Waals surface area contributed by atoms with Crippen molar-refractivity contribution in [2.24, 2.45) is 17.8 Å². The third-order valence-corrected chi connectivity index (χ3v) is 8.46. The van der Waals surface area contributed by atoms with Gasteiger partial charge < -0.3 is 4.74 Å². The summed E-state index contributed by atoms with van der Waals surface area (Å²) >= 11 is 0. The summed E-state index contributed by atoms with van der Waals surface area (Å²) in [5.41, 5.74) is 4.33. The van der Waals surface area contributed by atoms with Crippen LogP contribution in [0.15, 0.2) is 42.5 Å². The molecule has 0 spiro atoms. The van der Waals surface area contributed by atoms with E-state index >= 15 is 0 Å². The van der Waals surface area contributed by atoms with Gasteiger partial charge in [-0.2, -0.15) is 0 Å². The van der Waals surface area contributed by atoms with Crippen molar-refractivity contribution in [3.05, 3.63) is 59.2 Å². The van der Waals surface area contributed by atoms with Gasteiger partial charge in [-0.15, -0.1) is 0 Å². The van der Waals surface area contributed by atoms with Gasteiger partial charge in [0.15, 0.2) is 0 Å². The Morgan fingerprint density at radius 1 is 0.541 bits per heavy atom. The van der Waals surface area contributed by atoms with Crippen molar-refractivity contribution in [1.82, 2.24) is 0 Å². The van der Waals surface area contributed by atoms with Crippen LogP contribution in [-0.4, -0.2) is 0 Å². The molecule has 2 rings (SSSR count). The van der Waals surface area contributed by atoms with Crippen molar-refractivity contribution in [3.63, 3.8) is 0 Å². The molecule has 208 valence electrons. The second-order valence-electron chi connectivity index (χ2n) is 11.5. The smallest absolute Gasteiger partial charge is 0.130 e. The van der Waals surface area contributed by atoms with Gasteiger partial charge in [-0.05, 0) is 71.9 Å². The molecule has 3 unspecified atom stereocenters. The second kappa shape index (κ2) is 18.5. The first-order valence-electron chi connectivity index (χ1n) is 15.9. The molecule has 0 aromatic heterocycles. The van der Waals surface area contributed by atoms with Crippen molar-refractivity contribution in [2.45, 2.75) is 138 Å². The number of rotatable bonds is 20. The summed E-state index contributed by atoms with van der Waals surface area (Å²) in [6, 6.07) is 16.0. The van der Waals surface area contributed by atoms with E-state index in [9.17, 15) is 0 Å². The number of benzene rings is 2. The maximum Gasteiger partial charge on any atom is 0.130 e. The molecule has 3 atom stereocenters. The van der Waals surface area contributed by atoms with E-state index < -0.39 is 0 Å². The van der Waals surface area contributed by atoms with Crippen LogP contribution in [0.2, 0.25) is 0 Å². The minimum absolute atomic E-state index is 0.732. The molecule has 37 heavy (non-hydrogen) atoms. The molecule has 1 nitrogen and oxygen atoms in total. The molecule has 1 heteroatoms. The average Bonchev–Trinajstić information content (AvgIpc) is 2.93. The van der Waals surface area contributed by atoms with E-state index in [1.54, 1.807) is 0 Å². The fourth-order valence-electron chi connectivity index (χ4n) is 5.65. The van der Waals surface area contributed by atoms with Crippen LogP contribution >= 0.6 is 0 Å². The van der Waals surface area contributed by atoms with Crippen LogP contribution in [0.25, 0.3) is 0 Å². The first-order valence-corrected chi connectivity index (χ1v) is 15.9. The van der Waals surface area contributed by atoms with Crippen molar-refractivity contribution < 1.29 is 4.74 Å². The van der Waals surface area contributed by atoms with E-state index in [1.165, 1.54) is 107 Å². The number of ether oxygens (including phenoxy) is 1. The summed E-state index contributed by atoms with van der Waals surface area (Å²) in [5, 5.41) is 0. The Morgan fingerprint density at radius 2 is 1.00 bits per heavy atom. The maximum absolute atomic E-state index is 6.56. The predicted octanol–water partition coefficient (Wildman–Crippen LogP) is 11.8. The standard InChI is InChI=1S/C36H58O/c1-7-13-16-29(10-4)25-32-19-22-35(23-20-32)37-36-24-21-33(26-30(11-5)17-14-8-2)28-34(36)27-31(12-6)18-15-9-3/h19-24,28-31H,7-18,25-27H2,1-6H3. The molecule has 0 fully saturated rings. The highest BCUT2D eigenvalue weighted by atomic mass is 16.5. The highest BCUT2D eigenvalue weighted by molar-refractivity contribution is 5.41. The van der Waals surface area contributed by atoms with Crippen LogP contribution < -0.4 is 4.74 Å². The Labute approximate surface area is 230 Å². The highest BCUT2D eigenvalue weighted by Gasteiger charge is 2.15.